The van der Waals surface area contributed by atoms with Gasteiger partial charge in [0.15, 0.2) is 16.6 Å². The lowest BCUT2D eigenvalue weighted by Crippen LogP contribution is -2.45. The van der Waals surface area contributed by atoms with E-state index in [4.69, 9.17) is 33.3 Å². The zero-order valence-corrected chi connectivity index (χ0v) is 17.2. The summed E-state index contributed by atoms with van der Waals surface area (Å²) in [6.45, 7) is 1.81. The number of nitrogens with one attached hydrogen (secondary N) is 3. The van der Waals surface area contributed by atoms with Crippen molar-refractivity contribution in [2.45, 2.75) is 13.0 Å². The van der Waals surface area contributed by atoms with E-state index < -0.39 is 6.04 Å². The maximum absolute atomic E-state index is 13.1. The fourth-order valence-corrected chi connectivity index (χ4v) is 3.59. The zero-order valence-electron chi connectivity index (χ0n) is 15.6. The predicted octanol–water partition coefficient (Wildman–Crippen LogP) is 3.79. The first-order chi connectivity index (χ1) is 13.4. The summed E-state index contributed by atoms with van der Waals surface area (Å²) in [6.07, 6.45) is 0. The van der Waals surface area contributed by atoms with Gasteiger partial charge in [-0.1, -0.05) is 29.8 Å². The van der Waals surface area contributed by atoms with E-state index in [9.17, 15) is 4.79 Å². The fraction of sp³-hybridized carbons (Fsp3) is 0.200. The Kier molecular flexibility index (Phi) is 6.06. The van der Waals surface area contributed by atoms with Gasteiger partial charge in [-0.3, -0.25) is 4.79 Å². The summed E-state index contributed by atoms with van der Waals surface area (Å²) >= 11 is 11.3. The molecule has 1 atom stereocenters. The van der Waals surface area contributed by atoms with Crippen LogP contribution in [0.2, 0.25) is 5.02 Å². The van der Waals surface area contributed by atoms with Crippen LogP contribution in [-0.2, 0) is 4.79 Å². The Balaban J connectivity index is 2.03. The molecule has 0 saturated carbocycles. The third-order valence-electron chi connectivity index (χ3n) is 4.34. The van der Waals surface area contributed by atoms with E-state index >= 15 is 0 Å². The van der Waals surface area contributed by atoms with Gasteiger partial charge in [0.05, 0.1) is 25.8 Å². The number of thiocarbonyl (C=S) groups is 1. The number of halogens is 1. The maximum atomic E-state index is 13.1. The second-order valence-electron chi connectivity index (χ2n) is 6.12. The summed E-state index contributed by atoms with van der Waals surface area (Å²) in [6, 6.07) is 12.0. The number of carbonyl (C=O) groups excluding carboxylic acids is 1. The van der Waals surface area contributed by atoms with E-state index in [0.29, 0.717) is 38.6 Å². The number of anilines is 1. The van der Waals surface area contributed by atoms with Crippen molar-refractivity contribution in [1.29, 1.82) is 0 Å². The lowest BCUT2D eigenvalue weighted by Gasteiger charge is -2.31. The van der Waals surface area contributed by atoms with Gasteiger partial charge in [-0.05, 0) is 43.4 Å². The van der Waals surface area contributed by atoms with Gasteiger partial charge in [-0.25, -0.2) is 0 Å². The minimum absolute atomic E-state index is 0.280. The molecule has 0 radical (unpaired) electrons. The summed E-state index contributed by atoms with van der Waals surface area (Å²) in [7, 11) is 3.12. The van der Waals surface area contributed by atoms with Gasteiger partial charge in [0, 0.05) is 22.0 Å². The van der Waals surface area contributed by atoms with Crippen molar-refractivity contribution in [3.8, 4) is 11.5 Å². The average molecular weight is 418 g/mol. The normalized spacial score (nSPS) is 16.1. The zero-order chi connectivity index (χ0) is 20.3. The molecule has 0 bridgehead atoms. The van der Waals surface area contributed by atoms with E-state index in [-0.39, 0.29) is 5.91 Å². The van der Waals surface area contributed by atoms with Crippen molar-refractivity contribution in [2.75, 3.05) is 19.5 Å². The first-order valence-electron chi connectivity index (χ1n) is 8.50. The SMILES string of the molecule is COc1cccc([C@H]2NC(=S)NC(C)=C2C(=O)Nc2cccc(Cl)c2)c1OC. The Hall–Kier alpha value is -2.77. The van der Waals surface area contributed by atoms with Crippen molar-refractivity contribution >= 4 is 40.5 Å². The molecule has 3 rings (SSSR count). The number of rotatable bonds is 5. The van der Waals surface area contributed by atoms with Gasteiger partial charge in [0.1, 0.15) is 0 Å². The molecule has 146 valence electrons. The Labute approximate surface area is 173 Å². The number of para-hydroxylation sites is 1. The van der Waals surface area contributed by atoms with E-state index in [1.165, 1.54) is 0 Å². The second kappa shape index (κ2) is 8.50. The van der Waals surface area contributed by atoms with Crippen LogP contribution in [0.1, 0.15) is 18.5 Å². The van der Waals surface area contributed by atoms with Crippen molar-refractivity contribution < 1.29 is 14.3 Å². The molecule has 2 aromatic rings. The van der Waals surface area contributed by atoms with Crippen LogP contribution in [0.3, 0.4) is 0 Å². The van der Waals surface area contributed by atoms with Crippen LogP contribution in [0.25, 0.3) is 0 Å². The second-order valence-corrected chi connectivity index (χ2v) is 6.96. The molecule has 0 aliphatic carbocycles. The van der Waals surface area contributed by atoms with Crippen molar-refractivity contribution in [2.24, 2.45) is 0 Å². The minimum atomic E-state index is -0.516. The van der Waals surface area contributed by atoms with Crippen LogP contribution in [-0.4, -0.2) is 25.2 Å². The molecule has 8 heteroatoms. The topological polar surface area (TPSA) is 71.6 Å². The smallest absolute Gasteiger partial charge is 0.255 e. The van der Waals surface area contributed by atoms with Crippen molar-refractivity contribution in [1.82, 2.24) is 10.6 Å². The predicted molar refractivity (Wildman–Crippen MR) is 114 cm³/mol. The molecule has 0 unspecified atom stereocenters. The average Bonchev–Trinajstić information content (AvgIpc) is 2.66. The molecule has 0 aromatic heterocycles. The van der Waals surface area contributed by atoms with Crippen LogP contribution in [0.4, 0.5) is 5.69 Å². The quantitative estimate of drug-likeness (QED) is 0.643. The summed E-state index contributed by atoms with van der Waals surface area (Å²) < 4.78 is 10.9. The summed E-state index contributed by atoms with van der Waals surface area (Å²) in [5.41, 5.74) is 2.47. The Bertz CT molecular complexity index is 961. The van der Waals surface area contributed by atoms with E-state index in [0.717, 1.165) is 5.56 Å². The molecular weight excluding hydrogens is 398 g/mol. The number of amides is 1. The van der Waals surface area contributed by atoms with E-state index in [2.05, 4.69) is 16.0 Å². The Morgan fingerprint density at radius 1 is 1.18 bits per heavy atom. The van der Waals surface area contributed by atoms with Gasteiger partial charge < -0.3 is 25.4 Å². The fourth-order valence-electron chi connectivity index (χ4n) is 3.13. The minimum Gasteiger partial charge on any atom is -0.493 e. The number of hydrogen-bond donors (Lipinski definition) is 3. The van der Waals surface area contributed by atoms with Crippen LogP contribution in [0, 0.1) is 0 Å². The number of methoxy groups -OCH3 is 2. The Morgan fingerprint density at radius 2 is 1.93 bits per heavy atom. The number of ether oxygens (including phenoxy) is 2. The molecule has 0 fully saturated rings. The van der Waals surface area contributed by atoms with Crippen LogP contribution < -0.4 is 25.4 Å². The molecule has 1 aliphatic heterocycles. The maximum Gasteiger partial charge on any atom is 0.255 e. The highest BCUT2D eigenvalue weighted by atomic mass is 35.5. The van der Waals surface area contributed by atoms with Crippen LogP contribution in [0.5, 0.6) is 11.5 Å². The van der Waals surface area contributed by atoms with Gasteiger partial charge in [0.2, 0.25) is 0 Å². The van der Waals surface area contributed by atoms with Gasteiger partial charge in [-0.15, -0.1) is 0 Å². The van der Waals surface area contributed by atoms with Gasteiger partial charge in [-0.2, -0.15) is 0 Å². The number of carbonyl (C=O) groups is 1. The lowest BCUT2D eigenvalue weighted by atomic mass is 9.94. The van der Waals surface area contributed by atoms with Crippen molar-refractivity contribution in [3.63, 3.8) is 0 Å². The summed E-state index contributed by atoms with van der Waals surface area (Å²) in [5, 5.41) is 10.0. The number of allylic oxidation sites excluding steroid dienone is 1. The monoisotopic (exact) mass is 417 g/mol. The molecule has 6 nitrogen and oxygen atoms in total. The van der Waals surface area contributed by atoms with E-state index in [1.807, 2.05) is 12.1 Å². The highest BCUT2D eigenvalue weighted by Crippen LogP contribution is 2.39. The molecule has 2 aromatic carbocycles. The third kappa shape index (κ3) is 4.05. The number of hydrogen-bond acceptors (Lipinski definition) is 4. The van der Waals surface area contributed by atoms with Gasteiger partial charge in [0.25, 0.3) is 5.91 Å². The van der Waals surface area contributed by atoms with Crippen LogP contribution >= 0.6 is 23.8 Å². The molecule has 1 amide bonds. The molecule has 1 heterocycles. The highest BCUT2D eigenvalue weighted by Gasteiger charge is 2.32. The number of benzene rings is 2. The molecule has 0 spiro atoms. The first kappa shape index (κ1) is 20.0. The van der Waals surface area contributed by atoms with E-state index in [1.54, 1.807) is 51.5 Å². The molecule has 1 aliphatic rings. The molecule has 3 N–H and O–H groups in total. The summed E-state index contributed by atoms with van der Waals surface area (Å²) in [5.74, 6) is 0.823. The van der Waals surface area contributed by atoms with Crippen molar-refractivity contribution in [3.05, 3.63) is 64.3 Å². The molecule has 28 heavy (non-hydrogen) atoms. The largest absolute Gasteiger partial charge is 0.493 e. The van der Waals surface area contributed by atoms with Crippen LogP contribution in [0.15, 0.2) is 53.7 Å². The molecular formula is C20H20ClN3O3S. The highest BCUT2D eigenvalue weighted by molar-refractivity contribution is 7.80. The lowest BCUT2D eigenvalue weighted by molar-refractivity contribution is -0.113. The standard InChI is InChI=1S/C20H20ClN3O3S/c1-11-16(19(25)23-13-7-4-6-12(21)10-13)17(24-20(28)22-11)14-8-5-9-15(26-2)18(14)27-3/h4-10,17H,1-3H3,(H,23,25)(H2,22,24,28)/t17-/m1/s1. The first-order valence-corrected chi connectivity index (χ1v) is 9.29. The Morgan fingerprint density at radius 3 is 2.61 bits per heavy atom. The van der Waals surface area contributed by atoms with Gasteiger partial charge >= 0.3 is 0 Å². The third-order valence-corrected chi connectivity index (χ3v) is 4.80. The summed E-state index contributed by atoms with van der Waals surface area (Å²) in [4.78, 5) is 13.1. The molecule has 0 saturated heterocycles.